The third-order valence-electron chi connectivity index (χ3n) is 2.66. The van der Waals surface area contributed by atoms with Gasteiger partial charge in [0.15, 0.2) is 0 Å². The molecule has 0 bridgehead atoms. The van der Waals surface area contributed by atoms with Crippen LogP contribution in [0.5, 0.6) is 0 Å². The molecule has 1 aliphatic carbocycles. The first kappa shape index (κ1) is 13.8. The molecule has 0 atom stereocenters. The quantitative estimate of drug-likeness (QED) is 0.813. The summed E-state index contributed by atoms with van der Waals surface area (Å²) in [6.45, 7) is 0.0278. The van der Waals surface area contributed by atoms with E-state index >= 15 is 0 Å². The molecule has 0 aliphatic heterocycles. The van der Waals surface area contributed by atoms with Crippen molar-refractivity contribution < 1.29 is 9.59 Å². The highest BCUT2D eigenvalue weighted by atomic mass is 79.9. The SMILES string of the molecule is O=C(/C=C/c1ccc(Br)cc1)NCC(=O)NC1CC1. The summed E-state index contributed by atoms with van der Waals surface area (Å²) in [4.78, 5) is 22.9. The van der Waals surface area contributed by atoms with Crippen molar-refractivity contribution in [2.45, 2.75) is 18.9 Å². The van der Waals surface area contributed by atoms with Gasteiger partial charge in [0.05, 0.1) is 6.54 Å². The van der Waals surface area contributed by atoms with Crippen LogP contribution < -0.4 is 10.6 Å². The Kier molecular flexibility index (Phi) is 4.74. The van der Waals surface area contributed by atoms with E-state index < -0.39 is 0 Å². The van der Waals surface area contributed by atoms with Crippen LogP contribution >= 0.6 is 15.9 Å². The van der Waals surface area contributed by atoms with Crippen molar-refractivity contribution in [3.8, 4) is 0 Å². The molecule has 0 heterocycles. The van der Waals surface area contributed by atoms with Gasteiger partial charge in [-0.15, -0.1) is 0 Å². The summed E-state index contributed by atoms with van der Waals surface area (Å²) < 4.78 is 0.992. The Labute approximate surface area is 120 Å². The Bertz CT molecular complexity index is 493. The highest BCUT2D eigenvalue weighted by Crippen LogP contribution is 2.18. The number of hydrogen-bond donors (Lipinski definition) is 2. The summed E-state index contributed by atoms with van der Waals surface area (Å²) in [5.41, 5.74) is 0.931. The number of halogens is 1. The standard InChI is InChI=1S/C14H15BrN2O2/c15-11-4-1-10(2-5-11)3-8-13(18)16-9-14(19)17-12-6-7-12/h1-5,8,12H,6-7,9H2,(H,16,18)(H,17,19)/b8-3+. The smallest absolute Gasteiger partial charge is 0.244 e. The Morgan fingerprint density at radius 1 is 1.26 bits per heavy atom. The molecular formula is C14H15BrN2O2. The lowest BCUT2D eigenvalue weighted by atomic mass is 10.2. The lowest BCUT2D eigenvalue weighted by molar-refractivity contribution is -0.124. The molecule has 0 spiro atoms. The van der Waals surface area contributed by atoms with E-state index in [0.29, 0.717) is 6.04 Å². The Balaban J connectivity index is 1.73. The fourth-order valence-electron chi connectivity index (χ4n) is 1.48. The second-order valence-electron chi connectivity index (χ2n) is 4.44. The van der Waals surface area contributed by atoms with Crippen molar-refractivity contribution in [2.24, 2.45) is 0 Å². The normalized spacial score (nSPS) is 14.4. The zero-order valence-corrected chi connectivity index (χ0v) is 11.9. The minimum absolute atomic E-state index is 0.0278. The van der Waals surface area contributed by atoms with Gasteiger partial charge in [-0.3, -0.25) is 9.59 Å². The average molecular weight is 323 g/mol. The Hall–Kier alpha value is -1.62. The minimum Gasteiger partial charge on any atom is -0.352 e. The molecule has 2 N–H and O–H groups in total. The van der Waals surface area contributed by atoms with Crippen LogP contribution in [0.4, 0.5) is 0 Å². The minimum atomic E-state index is -0.270. The topological polar surface area (TPSA) is 58.2 Å². The molecule has 0 unspecified atom stereocenters. The molecule has 100 valence electrons. The molecule has 1 aliphatic rings. The maximum Gasteiger partial charge on any atom is 0.244 e. The predicted octanol–water partition coefficient (Wildman–Crippen LogP) is 1.86. The molecule has 5 heteroatoms. The summed E-state index contributed by atoms with van der Waals surface area (Å²) in [5.74, 6) is -0.401. The van der Waals surface area contributed by atoms with Gasteiger partial charge in [-0.25, -0.2) is 0 Å². The van der Waals surface area contributed by atoms with Gasteiger partial charge in [-0.05, 0) is 36.6 Å². The summed E-state index contributed by atoms with van der Waals surface area (Å²) in [5, 5.41) is 5.36. The van der Waals surface area contributed by atoms with Gasteiger partial charge in [-0.1, -0.05) is 28.1 Å². The Morgan fingerprint density at radius 2 is 1.95 bits per heavy atom. The molecule has 1 aromatic rings. The largest absolute Gasteiger partial charge is 0.352 e. The second kappa shape index (κ2) is 6.52. The van der Waals surface area contributed by atoms with E-state index in [1.165, 1.54) is 6.08 Å². The van der Waals surface area contributed by atoms with Crippen LogP contribution in [0.2, 0.25) is 0 Å². The maximum atomic E-state index is 11.5. The van der Waals surface area contributed by atoms with Crippen molar-refractivity contribution in [1.29, 1.82) is 0 Å². The van der Waals surface area contributed by atoms with Crippen molar-refractivity contribution in [1.82, 2.24) is 10.6 Å². The van der Waals surface area contributed by atoms with Gasteiger partial charge in [-0.2, -0.15) is 0 Å². The zero-order chi connectivity index (χ0) is 13.7. The van der Waals surface area contributed by atoms with Gasteiger partial charge in [0.1, 0.15) is 0 Å². The molecule has 0 saturated heterocycles. The molecular weight excluding hydrogens is 308 g/mol. The van der Waals surface area contributed by atoms with E-state index in [-0.39, 0.29) is 18.4 Å². The van der Waals surface area contributed by atoms with Gasteiger partial charge in [0.2, 0.25) is 11.8 Å². The van der Waals surface area contributed by atoms with Crippen molar-refractivity contribution in [2.75, 3.05) is 6.54 Å². The number of carbonyl (C=O) groups is 2. The van der Waals surface area contributed by atoms with Crippen LogP contribution in [0.3, 0.4) is 0 Å². The number of nitrogens with one attached hydrogen (secondary N) is 2. The van der Waals surface area contributed by atoms with Gasteiger partial charge in [0.25, 0.3) is 0 Å². The first-order valence-electron chi connectivity index (χ1n) is 6.14. The van der Waals surface area contributed by atoms with Crippen LogP contribution in [0.1, 0.15) is 18.4 Å². The fourth-order valence-corrected chi connectivity index (χ4v) is 1.74. The van der Waals surface area contributed by atoms with E-state index in [1.54, 1.807) is 6.08 Å². The number of amides is 2. The van der Waals surface area contributed by atoms with Crippen LogP contribution in [-0.2, 0) is 9.59 Å². The highest BCUT2D eigenvalue weighted by molar-refractivity contribution is 9.10. The second-order valence-corrected chi connectivity index (χ2v) is 5.36. The lowest BCUT2D eigenvalue weighted by Crippen LogP contribution is -2.37. The summed E-state index contributed by atoms with van der Waals surface area (Å²) >= 11 is 3.34. The Morgan fingerprint density at radius 3 is 2.58 bits per heavy atom. The lowest BCUT2D eigenvalue weighted by Gasteiger charge is -2.03. The molecule has 1 aromatic carbocycles. The van der Waals surface area contributed by atoms with E-state index in [1.807, 2.05) is 24.3 Å². The maximum absolute atomic E-state index is 11.5. The third kappa shape index (κ3) is 5.26. The molecule has 0 aromatic heterocycles. The molecule has 2 amide bonds. The predicted molar refractivity (Wildman–Crippen MR) is 77.4 cm³/mol. The monoisotopic (exact) mass is 322 g/mol. The fraction of sp³-hybridized carbons (Fsp3) is 0.286. The van der Waals surface area contributed by atoms with E-state index in [4.69, 9.17) is 0 Å². The number of carbonyl (C=O) groups excluding carboxylic acids is 2. The molecule has 2 rings (SSSR count). The van der Waals surface area contributed by atoms with E-state index in [2.05, 4.69) is 26.6 Å². The summed E-state index contributed by atoms with van der Waals surface area (Å²) in [6, 6.07) is 7.92. The molecule has 0 radical (unpaired) electrons. The van der Waals surface area contributed by atoms with Gasteiger partial charge >= 0.3 is 0 Å². The molecule has 19 heavy (non-hydrogen) atoms. The number of hydrogen-bond acceptors (Lipinski definition) is 2. The highest BCUT2D eigenvalue weighted by Gasteiger charge is 2.22. The van der Waals surface area contributed by atoms with Crippen molar-refractivity contribution in [3.63, 3.8) is 0 Å². The van der Waals surface area contributed by atoms with Crippen LogP contribution in [0.25, 0.3) is 6.08 Å². The van der Waals surface area contributed by atoms with Crippen LogP contribution in [0.15, 0.2) is 34.8 Å². The van der Waals surface area contributed by atoms with Crippen molar-refractivity contribution in [3.05, 3.63) is 40.4 Å². The summed E-state index contributed by atoms with van der Waals surface area (Å²) in [7, 11) is 0. The number of benzene rings is 1. The van der Waals surface area contributed by atoms with Crippen LogP contribution in [-0.4, -0.2) is 24.4 Å². The average Bonchev–Trinajstić information content (AvgIpc) is 3.19. The van der Waals surface area contributed by atoms with Gasteiger partial charge < -0.3 is 10.6 Å². The third-order valence-corrected chi connectivity index (χ3v) is 3.19. The van der Waals surface area contributed by atoms with Gasteiger partial charge in [0, 0.05) is 16.6 Å². The van der Waals surface area contributed by atoms with E-state index in [0.717, 1.165) is 22.9 Å². The van der Waals surface area contributed by atoms with E-state index in [9.17, 15) is 9.59 Å². The zero-order valence-electron chi connectivity index (χ0n) is 10.4. The van der Waals surface area contributed by atoms with Crippen LogP contribution in [0, 0.1) is 0 Å². The number of rotatable bonds is 5. The molecule has 1 saturated carbocycles. The first-order valence-corrected chi connectivity index (χ1v) is 6.93. The molecule has 4 nitrogen and oxygen atoms in total. The van der Waals surface area contributed by atoms with Crippen molar-refractivity contribution >= 4 is 33.8 Å². The molecule has 1 fully saturated rings. The summed E-state index contributed by atoms with van der Waals surface area (Å²) in [6.07, 6.45) is 5.22. The first-order chi connectivity index (χ1) is 9.13.